The quantitative estimate of drug-likeness (QED) is 0.0540. The first-order chi connectivity index (χ1) is 29.8. The highest BCUT2D eigenvalue weighted by atomic mass is 16.5. The summed E-state index contributed by atoms with van der Waals surface area (Å²) in [5, 5.41) is 7.06. The van der Waals surface area contributed by atoms with E-state index in [4.69, 9.17) is 9.47 Å². The summed E-state index contributed by atoms with van der Waals surface area (Å²) in [6, 6.07) is 23.2. The predicted octanol–water partition coefficient (Wildman–Crippen LogP) is 9.14. The van der Waals surface area contributed by atoms with Gasteiger partial charge in [-0.1, -0.05) is 77.6 Å². The average Bonchev–Trinajstić information content (AvgIpc) is 3.53. The minimum Gasteiger partial charge on any atom is -0.462 e. The van der Waals surface area contributed by atoms with Crippen LogP contribution in [0.3, 0.4) is 0 Å². The third-order valence-corrected chi connectivity index (χ3v) is 10.8. The van der Waals surface area contributed by atoms with Crippen LogP contribution in [0.1, 0.15) is 122 Å². The van der Waals surface area contributed by atoms with Gasteiger partial charge in [0.2, 0.25) is 5.95 Å². The number of benzene rings is 3. The number of nitrogens with one attached hydrogen (secondary N) is 2. The van der Waals surface area contributed by atoms with Crippen molar-refractivity contribution in [3.63, 3.8) is 0 Å². The van der Waals surface area contributed by atoms with Crippen molar-refractivity contribution in [2.24, 2.45) is 0 Å². The van der Waals surface area contributed by atoms with Crippen molar-refractivity contribution in [1.82, 2.24) is 29.7 Å². The summed E-state index contributed by atoms with van der Waals surface area (Å²) in [5.41, 5.74) is 3.08. The SMILES string of the molecule is CCCCN(CCCC)CCOc1nc(Nc2ccc(NC(=O)c3ccc4c(c3)C(=O)C(c3ccc5ccccc5n3)C4=O)cc2)nc(OCCN(CCCC)CCCC)n1. The van der Waals surface area contributed by atoms with Crippen molar-refractivity contribution in [2.45, 2.75) is 85.0 Å². The second-order valence-electron chi connectivity index (χ2n) is 15.5. The van der Waals surface area contributed by atoms with Crippen LogP contribution in [-0.4, -0.2) is 99.7 Å². The van der Waals surface area contributed by atoms with Gasteiger partial charge < -0.3 is 20.1 Å². The predicted molar refractivity (Wildman–Crippen MR) is 241 cm³/mol. The zero-order valence-electron chi connectivity index (χ0n) is 36.1. The summed E-state index contributed by atoms with van der Waals surface area (Å²) < 4.78 is 12.2. The van der Waals surface area contributed by atoms with Crippen LogP contribution in [0.15, 0.2) is 78.9 Å². The minimum atomic E-state index is -1.04. The molecule has 13 nitrogen and oxygen atoms in total. The molecular weight excluding hydrogens is 769 g/mol. The lowest BCUT2D eigenvalue weighted by Crippen LogP contribution is -2.31. The molecule has 0 fully saturated rings. The molecule has 61 heavy (non-hydrogen) atoms. The summed E-state index contributed by atoms with van der Waals surface area (Å²) >= 11 is 0. The maximum Gasteiger partial charge on any atom is 0.324 e. The fourth-order valence-electron chi connectivity index (χ4n) is 7.27. The number of anilines is 3. The van der Waals surface area contributed by atoms with Crippen LogP contribution in [0.5, 0.6) is 12.0 Å². The monoisotopic (exact) mass is 828 g/mol. The molecule has 0 radical (unpaired) electrons. The van der Waals surface area contributed by atoms with Crippen molar-refractivity contribution in [1.29, 1.82) is 0 Å². The van der Waals surface area contributed by atoms with Crippen LogP contribution in [0.4, 0.5) is 17.3 Å². The van der Waals surface area contributed by atoms with Crippen LogP contribution >= 0.6 is 0 Å². The van der Waals surface area contributed by atoms with Gasteiger partial charge in [-0.05, 0) is 106 Å². The number of unbranched alkanes of at least 4 members (excludes halogenated alkanes) is 4. The Hall–Kier alpha value is -5.79. The lowest BCUT2D eigenvalue weighted by molar-refractivity contribution is 0.0887. The maximum atomic E-state index is 13.6. The van der Waals surface area contributed by atoms with Gasteiger partial charge >= 0.3 is 12.0 Å². The van der Waals surface area contributed by atoms with Crippen LogP contribution in [0.2, 0.25) is 0 Å². The molecular formula is C48H60N8O5. The van der Waals surface area contributed by atoms with Crippen LogP contribution in [0.25, 0.3) is 10.9 Å². The fraction of sp³-hybridized carbons (Fsp3) is 0.438. The zero-order valence-corrected chi connectivity index (χ0v) is 36.1. The molecule has 2 heterocycles. The van der Waals surface area contributed by atoms with E-state index in [9.17, 15) is 14.4 Å². The van der Waals surface area contributed by atoms with Crippen molar-refractivity contribution in [3.8, 4) is 12.0 Å². The van der Waals surface area contributed by atoms with E-state index in [0.29, 0.717) is 41.4 Å². The van der Waals surface area contributed by atoms with E-state index in [1.807, 2.05) is 30.3 Å². The lowest BCUT2D eigenvalue weighted by Gasteiger charge is -2.22. The molecule has 0 bridgehead atoms. The molecule has 0 saturated heterocycles. The van der Waals surface area contributed by atoms with Gasteiger partial charge in [-0.3, -0.25) is 29.2 Å². The Bertz CT molecular complexity index is 2170. The smallest absolute Gasteiger partial charge is 0.324 e. The topological polar surface area (TPSA) is 152 Å². The number of carbonyl (C=O) groups is 3. The van der Waals surface area contributed by atoms with Gasteiger partial charge in [0.15, 0.2) is 11.6 Å². The number of ketones is 2. The van der Waals surface area contributed by atoms with Gasteiger partial charge in [0, 0.05) is 46.5 Å². The Labute approximate surface area is 359 Å². The number of rotatable bonds is 25. The highest BCUT2D eigenvalue weighted by molar-refractivity contribution is 6.30. The number of nitrogens with zero attached hydrogens (tertiary/aromatic N) is 6. The number of Topliss-reactive ketones (excluding diaryl/α,β-unsaturated/α-hetero) is 2. The molecule has 0 saturated carbocycles. The van der Waals surface area contributed by atoms with Gasteiger partial charge in [0.05, 0.1) is 11.2 Å². The van der Waals surface area contributed by atoms with E-state index in [2.05, 4.69) is 68.1 Å². The molecule has 1 unspecified atom stereocenters. The number of aromatic nitrogens is 4. The number of ether oxygens (including phenoxy) is 2. The number of para-hydroxylation sites is 1. The van der Waals surface area contributed by atoms with Crippen LogP contribution < -0.4 is 20.1 Å². The van der Waals surface area contributed by atoms with Gasteiger partial charge in [-0.2, -0.15) is 9.97 Å². The first-order valence-electron chi connectivity index (χ1n) is 22.0. The van der Waals surface area contributed by atoms with E-state index in [1.54, 1.807) is 42.5 Å². The molecule has 1 aliphatic carbocycles. The number of pyridine rings is 1. The van der Waals surface area contributed by atoms with Gasteiger partial charge in [-0.15, -0.1) is 4.98 Å². The number of fused-ring (bicyclic) bond motifs is 2. The summed E-state index contributed by atoms with van der Waals surface area (Å²) in [6.45, 7) is 15.3. The summed E-state index contributed by atoms with van der Waals surface area (Å²) in [4.78, 5) is 63.5. The van der Waals surface area contributed by atoms with E-state index < -0.39 is 11.8 Å². The Morgan fingerprint density at radius 3 is 1.75 bits per heavy atom. The Morgan fingerprint density at radius 1 is 0.607 bits per heavy atom. The molecule has 1 atom stereocenters. The maximum absolute atomic E-state index is 13.6. The molecule has 6 rings (SSSR count). The largest absolute Gasteiger partial charge is 0.462 e. The molecule has 1 amide bonds. The second kappa shape index (κ2) is 22.7. The molecule has 13 heteroatoms. The number of amides is 1. The molecule has 2 N–H and O–H groups in total. The van der Waals surface area contributed by atoms with Gasteiger partial charge in [0.25, 0.3) is 5.91 Å². The first kappa shape index (κ1) is 44.8. The van der Waals surface area contributed by atoms with Crippen molar-refractivity contribution in [2.75, 3.05) is 63.1 Å². The number of hydrogen-bond acceptors (Lipinski definition) is 12. The standard InChI is InChI=1S/C48H60N8O5/c1-5-9-25-55(26-10-6-2)29-31-60-47-52-46(53-48(54-47)61-32-30-56(27-11-7-3)28-12-8-4)50-37-21-19-36(20-22-37)49-45(59)35-17-23-38-39(33-35)44(58)42(43(38)57)41-24-18-34-15-13-14-16-40(34)51-41/h13-24,33,42H,5-12,25-32H2,1-4H3,(H,49,59)(H,50,52,53,54). The van der Waals surface area contributed by atoms with Crippen molar-refractivity contribution < 1.29 is 23.9 Å². The molecule has 2 aromatic heterocycles. The Morgan fingerprint density at radius 2 is 1.16 bits per heavy atom. The van der Waals surface area contributed by atoms with Crippen LogP contribution in [0, 0.1) is 0 Å². The summed E-state index contributed by atoms with van der Waals surface area (Å²) in [5.74, 6) is -1.87. The molecule has 1 aliphatic rings. The van der Waals surface area contributed by atoms with E-state index in [0.717, 1.165) is 96.0 Å². The van der Waals surface area contributed by atoms with E-state index in [1.165, 1.54) is 6.07 Å². The first-order valence-corrected chi connectivity index (χ1v) is 22.0. The molecule has 3 aromatic carbocycles. The van der Waals surface area contributed by atoms with E-state index in [-0.39, 0.29) is 40.7 Å². The fourth-order valence-corrected chi connectivity index (χ4v) is 7.27. The second-order valence-corrected chi connectivity index (χ2v) is 15.5. The zero-order chi connectivity index (χ0) is 43.0. The molecule has 5 aromatic rings. The minimum absolute atomic E-state index is 0.186. The van der Waals surface area contributed by atoms with Gasteiger partial charge in [0.1, 0.15) is 19.1 Å². The molecule has 0 aliphatic heterocycles. The normalized spacial score (nSPS) is 13.6. The third kappa shape index (κ3) is 12.4. The Balaban J connectivity index is 1.11. The Kier molecular flexibility index (Phi) is 16.7. The lowest BCUT2D eigenvalue weighted by atomic mass is 9.98. The molecule has 0 spiro atoms. The summed E-state index contributed by atoms with van der Waals surface area (Å²) in [7, 11) is 0. The van der Waals surface area contributed by atoms with Gasteiger partial charge in [-0.25, -0.2) is 0 Å². The van der Waals surface area contributed by atoms with E-state index >= 15 is 0 Å². The highest BCUT2D eigenvalue weighted by Gasteiger charge is 2.41. The number of carbonyl (C=O) groups excluding carboxylic acids is 3. The third-order valence-electron chi connectivity index (χ3n) is 10.8. The summed E-state index contributed by atoms with van der Waals surface area (Å²) in [6.07, 6.45) is 9.12. The highest BCUT2D eigenvalue weighted by Crippen LogP contribution is 2.35. The number of hydrogen-bond donors (Lipinski definition) is 2. The van der Waals surface area contributed by atoms with Crippen LogP contribution in [-0.2, 0) is 0 Å². The van der Waals surface area contributed by atoms with Crippen molar-refractivity contribution in [3.05, 3.63) is 101 Å². The average molecular weight is 829 g/mol. The van der Waals surface area contributed by atoms with Crippen molar-refractivity contribution >= 4 is 45.7 Å². The molecule has 322 valence electrons.